The molecule has 0 aliphatic heterocycles. The summed E-state index contributed by atoms with van der Waals surface area (Å²) in [6.45, 7) is 5.18. The number of allylic oxidation sites excluding steroid dienone is 4. The predicted octanol–water partition coefficient (Wildman–Crippen LogP) is 8.28. The summed E-state index contributed by atoms with van der Waals surface area (Å²) in [6, 6.07) is 17.2. The molecule has 2 heterocycles. The number of Topliss-reactive ketones (excluding diaryl/α,β-unsaturated/α-hetero) is 1. The van der Waals surface area contributed by atoms with E-state index in [4.69, 9.17) is 0 Å². The van der Waals surface area contributed by atoms with Gasteiger partial charge in [-0.25, -0.2) is 4.98 Å². The van der Waals surface area contributed by atoms with E-state index in [-0.39, 0.29) is 35.4 Å². The molecule has 2 aromatic carbocycles. The number of benzene rings is 2. The summed E-state index contributed by atoms with van der Waals surface area (Å²) < 4.78 is 4.26. The molecule has 6 atom stereocenters. The zero-order chi connectivity index (χ0) is 38.6. The molecular weight excluding hydrogens is 685 g/mol. The van der Waals surface area contributed by atoms with Crippen LogP contribution in [0, 0.1) is 30.1 Å². The molecule has 8 heteroatoms. The van der Waals surface area contributed by atoms with E-state index in [9.17, 15) is 19.8 Å². The fraction of sp³-hybridized carbons (Fsp3) is 0.511. The van der Waals surface area contributed by atoms with Gasteiger partial charge in [-0.3, -0.25) is 9.59 Å². The highest BCUT2D eigenvalue weighted by Gasteiger charge is 2.62. The van der Waals surface area contributed by atoms with E-state index >= 15 is 0 Å². The molecule has 9 rings (SSSR count). The Morgan fingerprint density at radius 3 is 2.49 bits per heavy atom. The van der Waals surface area contributed by atoms with Gasteiger partial charge >= 0.3 is 0 Å². The van der Waals surface area contributed by atoms with Crippen molar-refractivity contribution in [2.75, 3.05) is 25.6 Å². The third-order valence-corrected chi connectivity index (χ3v) is 14.5. The number of carbonyl (C=O) groups excluding carboxylic acids is 2. The Labute approximate surface area is 326 Å². The molecule has 2 fully saturated rings. The Morgan fingerprint density at radius 2 is 1.76 bits per heavy atom. The van der Waals surface area contributed by atoms with Gasteiger partial charge in [0.25, 0.3) is 0 Å². The minimum Gasteiger partial charge on any atom is -0.396 e. The maximum Gasteiger partial charge on any atom is 0.170 e. The van der Waals surface area contributed by atoms with Crippen LogP contribution in [0.25, 0.3) is 10.9 Å². The van der Waals surface area contributed by atoms with Crippen LogP contribution in [0.4, 0.5) is 5.69 Å². The van der Waals surface area contributed by atoms with Gasteiger partial charge in [0.05, 0.1) is 5.60 Å². The fourth-order valence-electron chi connectivity index (χ4n) is 11.5. The van der Waals surface area contributed by atoms with Gasteiger partial charge in [0.15, 0.2) is 11.6 Å². The minimum absolute atomic E-state index is 0.0474. The van der Waals surface area contributed by atoms with Gasteiger partial charge in [-0.15, -0.1) is 0 Å². The Bertz CT molecular complexity index is 2170. The number of hydrogen-bond acceptors (Lipinski definition) is 6. The summed E-state index contributed by atoms with van der Waals surface area (Å²) in [7, 11) is 6.20. The normalized spacial score (nSPS) is 28.5. The molecule has 8 nitrogen and oxygen atoms in total. The molecule has 290 valence electrons. The standard InChI is InChI=1S/C29H39NO3.C18H19N3O/c1-28-18-25(19-5-8-21(9-6-19)30(2)3)27-23-12-10-22(32)17-20(23)7-11-24(27)26(28)13-15-29(28,33)14-4-16-31;1-12-19-9-10-21(12)11-13-7-8-16-17(18(13)22)14-5-3-4-6-15(14)20(16)2/h5-6,8-9,17,24-26,31,33H,4,7,10-16,18H2,1-3H3;3-6,9-10,13H,7-8,11H2,1-2H3/t24-,25+,26-,28+,29+;/m0./s1. The molecule has 0 radical (unpaired) electrons. The second-order valence-electron chi connectivity index (χ2n) is 17.5. The van der Waals surface area contributed by atoms with Gasteiger partial charge in [0.1, 0.15) is 5.82 Å². The molecule has 1 unspecified atom stereocenters. The molecular formula is C47H58N4O4. The Kier molecular flexibility index (Phi) is 10.0. The van der Waals surface area contributed by atoms with E-state index in [2.05, 4.69) is 83.5 Å². The topological polar surface area (TPSA) is 101 Å². The molecule has 55 heavy (non-hydrogen) atoms. The summed E-state index contributed by atoms with van der Waals surface area (Å²) in [6.07, 6.45) is 15.3. The zero-order valence-corrected chi connectivity index (χ0v) is 33.4. The van der Waals surface area contributed by atoms with Crippen LogP contribution in [0.1, 0.15) is 104 Å². The van der Waals surface area contributed by atoms with Crippen molar-refractivity contribution in [1.82, 2.24) is 14.1 Å². The van der Waals surface area contributed by atoms with Crippen molar-refractivity contribution in [3.8, 4) is 0 Å². The SMILES string of the molecule is CN(C)c1ccc([C@H]2C[C@]3(C)[C@@H](CC[C@]3(O)CCCO)[C@@H]3CCC4=CC(=O)CCC4=C32)cc1.Cc1nccn1CC1CCc2c(c3ccccc3n2C)C1=O. The third kappa shape index (κ3) is 6.43. The van der Waals surface area contributed by atoms with Crippen LogP contribution in [0.2, 0.25) is 0 Å². The molecule has 2 saturated carbocycles. The highest BCUT2D eigenvalue weighted by atomic mass is 16.3. The number of aliphatic hydroxyl groups excluding tert-OH is 1. The largest absolute Gasteiger partial charge is 0.396 e. The number of aliphatic hydroxyl groups is 2. The van der Waals surface area contributed by atoms with Gasteiger partial charge in [-0.1, -0.05) is 42.8 Å². The number of nitrogens with zero attached hydrogens (tertiary/aromatic N) is 4. The van der Waals surface area contributed by atoms with Crippen LogP contribution >= 0.6 is 0 Å². The average molecular weight is 743 g/mol. The monoisotopic (exact) mass is 742 g/mol. The van der Waals surface area contributed by atoms with Crippen molar-refractivity contribution < 1.29 is 19.8 Å². The molecule has 4 aromatic rings. The number of fused-ring (bicyclic) bond motifs is 7. The van der Waals surface area contributed by atoms with Crippen molar-refractivity contribution in [2.24, 2.45) is 30.2 Å². The molecule has 0 bridgehead atoms. The van der Waals surface area contributed by atoms with Crippen molar-refractivity contribution in [1.29, 1.82) is 0 Å². The zero-order valence-electron chi connectivity index (χ0n) is 33.4. The lowest BCUT2D eigenvalue weighted by molar-refractivity contribution is -0.114. The van der Waals surface area contributed by atoms with Crippen LogP contribution < -0.4 is 4.90 Å². The van der Waals surface area contributed by atoms with Gasteiger partial charge in [-0.2, -0.15) is 0 Å². The first-order valence-electron chi connectivity index (χ1n) is 20.6. The number of imidazole rings is 1. The smallest absolute Gasteiger partial charge is 0.170 e. The molecule has 2 N–H and O–H groups in total. The Balaban J connectivity index is 0.000000168. The van der Waals surface area contributed by atoms with Crippen molar-refractivity contribution >= 4 is 28.2 Å². The van der Waals surface area contributed by atoms with Crippen LogP contribution in [0.5, 0.6) is 0 Å². The second-order valence-corrected chi connectivity index (χ2v) is 17.5. The van der Waals surface area contributed by atoms with Crippen molar-refractivity contribution in [3.63, 3.8) is 0 Å². The predicted molar refractivity (Wildman–Crippen MR) is 218 cm³/mol. The van der Waals surface area contributed by atoms with E-state index in [0.29, 0.717) is 31.1 Å². The van der Waals surface area contributed by atoms with E-state index < -0.39 is 5.60 Å². The van der Waals surface area contributed by atoms with Crippen molar-refractivity contribution in [3.05, 3.63) is 106 Å². The van der Waals surface area contributed by atoms with Gasteiger partial charge in [0, 0.05) is 98.2 Å². The first-order chi connectivity index (χ1) is 26.4. The maximum absolute atomic E-state index is 13.0. The van der Waals surface area contributed by atoms with Crippen LogP contribution in [-0.4, -0.2) is 62.2 Å². The maximum atomic E-state index is 13.0. The molecule has 5 aliphatic carbocycles. The Morgan fingerprint density at radius 1 is 0.982 bits per heavy atom. The molecule has 0 saturated heterocycles. The van der Waals surface area contributed by atoms with Gasteiger partial charge in [0.2, 0.25) is 0 Å². The number of anilines is 1. The molecule has 2 aromatic heterocycles. The quantitative estimate of drug-likeness (QED) is 0.198. The number of aryl methyl sites for hydroxylation is 2. The minimum atomic E-state index is -0.711. The lowest BCUT2D eigenvalue weighted by atomic mass is 9.51. The van der Waals surface area contributed by atoms with Crippen LogP contribution in [0.15, 0.2) is 83.7 Å². The molecule has 0 spiro atoms. The summed E-state index contributed by atoms with van der Waals surface area (Å²) in [5.41, 5.74) is 9.25. The van der Waals surface area contributed by atoms with Gasteiger partial charge < -0.3 is 24.2 Å². The summed E-state index contributed by atoms with van der Waals surface area (Å²) in [5.74, 6) is 2.80. The third-order valence-electron chi connectivity index (χ3n) is 14.5. The second kappa shape index (κ2) is 14.7. The first-order valence-corrected chi connectivity index (χ1v) is 20.6. The van der Waals surface area contributed by atoms with Gasteiger partial charge in [-0.05, 0) is 124 Å². The van der Waals surface area contributed by atoms with Crippen LogP contribution in [0.3, 0.4) is 0 Å². The van der Waals surface area contributed by atoms with Crippen molar-refractivity contribution in [2.45, 2.75) is 103 Å². The molecule has 5 aliphatic rings. The Hall–Kier alpha value is -4.27. The average Bonchev–Trinajstić information content (AvgIpc) is 3.82. The number of para-hydroxylation sites is 1. The summed E-state index contributed by atoms with van der Waals surface area (Å²) in [4.78, 5) is 31.6. The number of ketones is 2. The highest BCUT2D eigenvalue weighted by molar-refractivity contribution is 6.11. The van der Waals surface area contributed by atoms with Crippen LogP contribution in [-0.2, 0) is 24.8 Å². The number of hydrogen-bond donors (Lipinski definition) is 2. The van der Waals surface area contributed by atoms with E-state index in [1.807, 2.05) is 31.3 Å². The van der Waals surface area contributed by atoms with E-state index in [1.165, 1.54) is 28.1 Å². The summed E-state index contributed by atoms with van der Waals surface area (Å²) >= 11 is 0. The molecule has 0 amide bonds. The number of rotatable bonds is 7. The fourth-order valence-corrected chi connectivity index (χ4v) is 11.5. The summed E-state index contributed by atoms with van der Waals surface area (Å²) in [5, 5.41) is 22.5. The lowest BCUT2D eigenvalue weighted by Crippen LogP contribution is -2.51. The first kappa shape index (κ1) is 37.6. The number of aromatic nitrogens is 3. The number of carbonyl (C=O) groups is 2. The highest BCUT2D eigenvalue weighted by Crippen LogP contribution is 2.67. The van der Waals surface area contributed by atoms with E-state index in [0.717, 1.165) is 80.2 Å². The van der Waals surface area contributed by atoms with E-state index in [1.54, 1.807) is 11.8 Å². The lowest BCUT2D eigenvalue weighted by Gasteiger charge is -2.55.